The van der Waals surface area contributed by atoms with Crippen LogP contribution in [0.5, 0.6) is 0 Å². The number of carboxylic acids is 1. The van der Waals surface area contributed by atoms with E-state index in [2.05, 4.69) is 5.32 Å². The van der Waals surface area contributed by atoms with Crippen molar-refractivity contribution in [1.82, 2.24) is 5.32 Å². The van der Waals surface area contributed by atoms with Crippen LogP contribution in [-0.4, -0.2) is 34.0 Å². The molecular weight excluding hydrogens is 319 g/mol. The van der Waals surface area contributed by atoms with Gasteiger partial charge in [-0.15, -0.1) is 0 Å². The number of thioether (sulfide) groups is 1. The lowest BCUT2D eigenvalue weighted by atomic mass is 9.98. The summed E-state index contributed by atoms with van der Waals surface area (Å²) in [6.07, 6.45) is -4.24. The van der Waals surface area contributed by atoms with Crippen LogP contribution >= 0.6 is 11.8 Å². The first-order valence-corrected chi connectivity index (χ1v) is 7.67. The zero-order valence-electron chi connectivity index (χ0n) is 11.4. The number of amides is 1. The van der Waals surface area contributed by atoms with E-state index in [0.29, 0.717) is 23.5 Å². The van der Waals surface area contributed by atoms with Gasteiger partial charge >= 0.3 is 12.1 Å². The molecule has 0 aliphatic carbocycles. The van der Waals surface area contributed by atoms with E-state index >= 15 is 0 Å². The number of carboxylic acid groups (broad SMARTS) is 1. The van der Waals surface area contributed by atoms with Crippen molar-refractivity contribution in [2.75, 3.05) is 11.5 Å². The van der Waals surface area contributed by atoms with Gasteiger partial charge < -0.3 is 10.4 Å². The zero-order chi connectivity index (χ0) is 16.4. The number of benzene rings is 1. The van der Waals surface area contributed by atoms with Crippen molar-refractivity contribution in [2.45, 2.75) is 24.6 Å². The molecule has 1 aliphatic rings. The smallest absolute Gasteiger partial charge is 0.416 e. The van der Waals surface area contributed by atoms with Crippen LogP contribution in [0.3, 0.4) is 0 Å². The van der Waals surface area contributed by atoms with Crippen LogP contribution in [0, 0.1) is 0 Å². The first kappa shape index (κ1) is 16.7. The molecule has 1 aliphatic heterocycles. The number of carbonyl (C=O) groups is 2. The monoisotopic (exact) mass is 333 g/mol. The van der Waals surface area contributed by atoms with Crippen molar-refractivity contribution in [1.29, 1.82) is 0 Å². The Kier molecular flexibility index (Phi) is 4.69. The number of alkyl halides is 3. The molecule has 0 bridgehead atoms. The summed E-state index contributed by atoms with van der Waals surface area (Å²) in [5, 5.41) is 11.8. The minimum atomic E-state index is -4.42. The highest BCUT2D eigenvalue weighted by Crippen LogP contribution is 2.30. The third-order valence-corrected chi connectivity index (χ3v) is 4.65. The van der Waals surface area contributed by atoms with E-state index in [1.54, 1.807) is 0 Å². The second-order valence-corrected chi connectivity index (χ2v) is 6.21. The Hall–Kier alpha value is -1.70. The predicted molar refractivity (Wildman–Crippen MR) is 75.6 cm³/mol. The van der Waals surface area contributed by atoms with Crippen molar-refractivity contribution in [3.05, 3.63) is 35.4 Å². The lowest BCUT2D eigenvalue weighted by molar-refractivity contribution is -0.146. The Morgan fingerprint density at radius 2 is 1.91 bits per heavy atom. The average molecular weight is 333 g/mol. The van der Waals surface area contributed by atoms with Gasteiger partial charge in [-0.2, -0.15) is 24.9 Å². The Labute approximate surface area is 129 Å². The van der Waals surface area contributed by atoms with Gasteiger partial charge in [-0.3, -0.25) is 4.79 Å². The van der Waals surface area contributed by atoms with Crippen LogP contribution in [0.15, 0.2) is 24.3 Å². The van der Waals surface area contributed by atoms with Crippen LogP contribution in [0.25, 0.3) is 0 Å². The van der Waals surface area contributed by atoms with E-state index in [1.165, 1.54) is 23.9 Å². The summed E-state index contributed by atoms with van der Waals surface area (Å²) in [5.74, 6) is -0.656. The van der Waals surface area contributed by atoms with Gasteiger partial charge in [-0.05, 0) is 29.9 Å². The fourth-order valence-electron chi connectivity index (χ4n) is 2.19. The standard InChI is InChI=1S/C14H14F3NO3S/c15-14(16,17)10-3-1-9(2-4-10)7-11(19)18-13(12(20)21)5-6-22-8-13/h1-4H,5-8H2,(H,18,19)(H,20,21)/t13-/m0/s1. The van der Waals surface area contributed by atoms with Crippen LogP contribution in [0.2, 0.25) is 0 Å². The van der Waals surface area contributed by atoms with Crippen LogP contribution < -0.4 is 5.32 Å². The molecule has 0 radical (unpaired) electrons. The fraction of sp³-hybridized carbons (Fsp3) is 0.429. The molecule has 1 heterocycles. The minimum absolute atomic E-state index is 0.155. The number of carbonyl (C=O) groups excluding carboxylic acids is 1. The molecule has 2 rings (SSSR count). The highest BCUT2D eigenvalue weighted by atomic mass is 32.2. The molecule has 8 heteroatoms. The van der Waals surface area contributed by atoms with E-state index < -0.39 is 29.2 Å². The summed E-state index contributed by atoms with van der Waals surface area (Å²) in [4.78, 5) is 23.3. The summed E-state index contributed by atoms with van der Waals surface area (Å²) < 4.78 is 37.3. The topological polar surface area (TPSA) is 66.4 Å². The average Bonchev–Trinajstić information content (AvgIpc) is 2.88. The summed E-state index contributed by atoms with van der Waals surface area (Å²) in [7, 11) is 0. The molecule has 1 saturated heterocycles. The number of halogens is 3. The van der Waals surface area contributed by atoms with Crippen molar-refractivity contribution in [2.24, 2.45) is 0 Å². The van der Waals surface area contributed by atoms with Gasteiger partial charge in [0.25, 0.3) is 0 Å². The Balaban J connectivity index is 2.01. The molecule has 0 aromatic heterocycles. The number of nitrogens with one attached hydrogen (secondary N) is 1. The number of rotatable bonds is 4. The third kappa shape index (κ3) is 3.73. The SMILES string of the molecule is O=C(Cc1ccc(C(F)(F)F)cc1)N[C@@]1(C(=O)O)CCSC1. The van der Waals surface area contributed by atoms with Gasteiger partial charge in [0.1, 0.15) is 5.54 Å². The number of hydrogen-bond acceptors (Lipinski definition) is 3. The molecule has 0 unspecified atom stereocenters. The van der Waals surface area contributed by atoms with Gasteiger partial charge in [-0.25, -0.2) is 4.79 Å². The van der Waals surface area contributed by atoms with Crippen molar-refractivity contribution < 1.29 is 27.9 Å². The molecule has 1 aromatic rings. The summed E-state index contributed by atoms with van der Waals surface area (Å²) in [6, 6.07) is 4.25. The summed E-state index contributed by atoms with van der Waals surface area (Å²) in [5.41, 5.74) is -1.66. The quantitative estimate of drug-likeness (QED) is 0.887. The Morgan fingerprint density at radius 3 is 2.36 bits per heavy atom. The predicted octanol–water partition coefficient (Wildman–Crippen LogP) is 2.32. The molecule has 2 N–H and O–H groups in total. The molecule has 22 heavy (non-hydrogen) atoms. The summed E-state index contributed by atoms with van der Waals surface area (Å²) >= 11 is 1.44. The van der Waals surface area contributed by atoms with Crippen LogP contribution in [0.4, 0.5) is 13.2 Å². The van der Waals surface area contributed by atoms with Crippen LogP contribution in [-0.2, 0) is 22.2 Å². The second kappa shape index (κ2) is 6.20. The van der Waals surface area contributed by atoms with Gasteiger partial charge in [0.05, 0.1) is 12.0 Å². The highest BCUT2D eigenvalue weighted by molar-refractivity contribution is 7.99. The molecule has 1 amide bonds. The first-order valence-electron chi connectivity index (χ1n) is 6.51. The fourth-order valence-corrected chi connectivity index (χ4v) is 3.52. The summed E-state index contributed by atoms with van der Waals surface area (Å²) in [6.45, 7) is 0. The van der Waals surface area contributed by atoms with E-state index in [4.69, 9.17) is 0 Å². The molecular formula is C14H14F3NO3S. The van der Waals surface area contributed by atoms with Crippen molar-refractivity contribution >= 4 is 23.6 Å². The maximum absolute atomic E-state index is 12.4. The van der Waals surface area contributed by atoms with Gasteiger partial charge in [-0.1, -0.05) is 12.1 Å². The Morgan fingerprint density at radius 1 is 1.27 bits per heavy atom. The first-order chi connectivity index (χ1) is 10.2. The molecule has 1 atom stereocenters. The molecule has 0 spiro atoms. The lowest BCUT2D eigenvalue weighted by Crippen LogP contribution is -2.55. The second-order valence-electron chi connectivity index (χ2n) is 5.11. The maximum atomic E-state index is 12.4. The Bertz CT molecular complexity index is 566. The van der Waals surface area contributed by atoms with Gasteiger partial charge in [0.2, 0.25) is 5.91 Å². The molecule has 120 valence electrons. The number of hydrogen-bond donors (Lipinski definition) is 2. The van der Waals surface area contributed by atoms with Crippen molar-refractivity contribution in [3.8, 4) is 0 Å². The minimum Gasteiger partial charge on any atom is -0.479 e. The van der Waals surface area contributed by atoms with Crippen LogP contribution in [0.1, 0.15) is 17.5 Å². The maximum Gasteiger partial charge on any atom is 0.416 e. The van der Waals surface area contributed by atoms with E-state index in [-0.39, 0.29) is 6.42 Å². The van der Waals surface area contributed by atoms with E-state index in [0.717, 1.165) is 12.1 Å². The molecule has 0 saturated carbocycles. The third-order valence-electron chi connectivity index (χ3n) is 3.46. The molecule has 1 aromatic carbocycles. The lowest BCUT2D eigenvalue weighted by Gasteiger charge is -2.24. The van der Waals surface area contributed by atoms with E-state index in [9.17, 15) is 27.9 Å². The highest BCUT2D eigenvalue weighted by Gasteiger charge is 2.43. The zero-order valence-corrected chi connectivity index (χ0v) is 12.3. The normalized spacial score (nSPS) is 21.6. The molecule has 1 fully saturated rings. The van der Waals surface area contributed by atoms with Gasteiger partial charge in [0, 0.05) is 5.75 Å². The number of aliphatic carboxylic acids is 1. The largest absolute Gasteiger partial charge is 0.479 e. The van der Waals surface area contributed by atoms with Crippen molar-refractivity contribution in [3.63, 3.8) is 0 Å². The van der Waals surface area contributed by atoms with E-state index in [1.807, 2.05) is 0 Å². The van der Waals surface area contributed by atoms with Gasteiger partial charge in [0.15, 0.2) is 0 Å². The molecule has 4 nitrogen and oxygen atoms in total.